The van der Waals surface area contributed by atoms with E-state index in [9.17, 15) is 9.59 Å². The quantitative estimate of drug-likeness (QED) is 0.471. The molecule has 0 aliphatic rings. The molecule has 100 valence electrons. The third-order valence-electron chi connectivity index (χ3n) is 2.20. The molecule has 0 aromatic rings. The number of ether oxygens (including phenoxy) is 2. The molecule has 0 radical (unpaired) electrons. The highest BCUT2D eigenvalue weighted by molar-refractivity contribution is 5.72. The van der Waals surface area contributed by atoms with Crippen molar-refractivity contribution in [3.8, 4) is 0 Å². The Morgan fingerprint density at radius 2 is 1.88 bits per heavy atom. The van der Waals surface area contributed by atoms with Crippen molar-refractivity contribution >= 4 is 11.9 Å². The van der Waals surface area contributed by atoms with Crippen LogP contribution in [0.4, 0.5) is 0 Å². The van der Waals surface area contributed by atoms with E-state index < -0.39 is 18.0 Å². The van der Waals surface area contributed by atoms with Crippen molar-refractivity contribution in [1.82, 2.24) is 0 Å². The van der Waals surface area contributed by atoms with Crippen LogP contribution >= 0.6 is 0 Å². The predicted molar refractivity (Wildman–Crippen MR) is 62.8 cm³/mol. The Hall–Kier alpha value is -1.10. The highest BCUT2D eigenvalue weighted by Gasteiger charge is 2.18. The molecule has 0 saturated heterocycles. The molecular formula is C12H22O5. The van der Waals surface area contributed by atoms with Gasteiger partial charge in [0.05, 0.1) is 25.6 Å². The summed E-state index contributed by atoms with van der Waals surface area (Å²) in [6, 6.07) is 0. The van der Waals surface area contributed by atoms with Crippen LogP contribution in [0.25, 0.3) is 0 Å². The van der Waals surface area contributed by atoms with Gasteiger partial charge in [0.25, 0.3) is 0 Å². The Bertz CT molecular complexity index is 227. The highest BCUT2D eigenvalue weighted by Crippen LogP contribution is 2.07. The summed E-state index contributed by atoms with van der Waals surface area (Å²) < 4.78 is 10.2. The molecule has 0 spiro atoms. The fourth-order valence-electron chi connectivity index (χ4n) is 1.39. The molecule has 5 nitrogen and oxygen atoms in total. The Labute approximate surface area is 102 Å². The molecule has 0 fully saturated rings. The minimum Gasteiger partial charge on any atom is -0.481 e. The SMILES string of the molecule is CCCCCOC(CC(=O)O)CC(=O)OCC. The summed E-state index contributed by atoms with van der Waals surface area (Å²) >= 11 is 0. The van der Waals surface area contributed by atoms with E-state index in [1.165, 1.54) is 0 Å². The van der Waals surface area contributed by atoms with Gasteiger partial charge in [0.15, 0.2) is 0 Å². The van der Waals surface area contributed by atoms with Gasteiger partial charge in [-0.1, -0.05) is 19.8 Å². The van der Waals surface area contributed by atoms with Gasteiger partial charge in [-0.05, 0) is 13.3 Å². The van der Waals surface area contributed by atoms with Crippen LogP contribution in [0.15, 0.2) is 0 Å². The predicted octanol–water partition coefficient (Wildman–Crippen LogP) is 1.99. The Morgan fingerprint density at radius 3 is 2.41 bits per heavy atom. The van der Waals surface area contributed by atoms with Crippen molar-refractivity contribution in [2.75, 3.05) is 13.2 Å². The first-order valence-electron chi connectivity index (χ1n) is 6.09. The van der Waals surface area contributed by atoms with Crippen molar-refractivity contribution in [1.29, 1.82) is 0 Å². The summed E-state index contributed by atoms with van der Waals surface area (Å²) in [6.45, 7) is 4.58. The van der Waals surface area contributed by atoms with E-state index in [1.807, 2.05) is 0 Å². The third-order valence-corrected chi connectivity index (χ3v) is 2.20. The van der Waals surface area contributed by atoms with Crippen LogP contribution in [-0.4, -0.2) is 36.4 Å². The maximum absolute atomic E-state index is 11.2. The van der Waals surface area contributed by atoms with Gasteiger partial charge < -0.3 is 14.6 Å². The molecule has 0 rings (SSSR count). The van der Waals surface area contributed by atoms with Crippen LogP contribution < -0.4 is 0 Å². The standard InChI is InChI=1S/C12H22O5/c1-3-5-6-7-17-10(8-11(13)14)9-12(15)16-4-2/h10H,3-9H2,1-2H3,(H,13,14). The smallest absolute Gasteiger partial charge is 0.308 e. The zero-order valence-electron chi connectivity index (χ0n) is 10.6. The van der Waals surface area contributed by atoms with Crippen LogP contribution in [0.3, 0.4) is 0 Å². The second-order valence-electron chi connectivity index (χ2n) is 3.81. The molecule has 1 N–H and O–H groups in total. The first kappa shape index (κ1) is 15.9. The molecule has 17 heavy (non-hydrogen) atoms. The number of hydrogen-bond donors (Lipinski definition) is 1. The molecule has 0 heterocycles. The summed E-state index contributed by atoms with van der Waals surface area (Å²) in [5, 5.41) is 8.70. The van der Waals surface area contributed by atoms with Gasteiger partial charge >= 0.3 is 11.9 Å². The van der Waals surface area contributed by atoms with Gasteiger partial charge in [-0.2, -0.15) is 0 Å². The summed E-state index contributed by atoms with van der Waals surface area (Å²) in [5.41, 5.74) is 0. The van der Waals surface area contributed by atoms with Crippen molar-refractivity contribution < 1.29 is 24.2 Å². The van der Waals surface area contributed by atoms with Gasteiger partial charge in [-0.15, -0.1) is 0 Å². The molecule has 0 aromatic carbocycles. The average Bonchev–Trinajstić information content (AvgIpc) is 2.23. The molecular weight excluding hydrogens is 224 g/mol. The second-order valence-corrected chi connectivity index (χ2v) is 3.81. The van der Waals surface area contributed by atoms with E-state index >= 15 is 0 Å². The first-order chi connectivity index (χ1) is 8.10. The minimum absolute atomic E-state index is 0.00622. The summed E-state index contributed by atoms with van der Waals surface area (Å²) in [4.78, 5) is 21.8. The van der Waals surface area contributed by atoms with Crippen molar-refractivity contribution in [3.05, 3.63) is 0 Å². The maximum atomic E-state index is 11.2. The number of carbonyl (C=O) groups excluding carboxylic acids is 1. The fourth-order valence-corrected chi connectivity index (χ4v) is 1.39. The van der Waals surface area contributed by atoms with E-state index in [4.69, 9.17) is 14.6 Å². The summed E-state index contributed by atoms with van der Waals surface area (Å²) in [6.07, 6.45) is 2.26. The van der Waals surface area contributed by atoms with E-state index in [0.717, 1.165) is 19.3 Å². The lowest BCUT2D eigenvalue weighted by Gasteiger charge is -2.15. The minimum atomic E-state index is -0.963. The van der Waals surface area contributed by atoms with Crippen molar-refractivity contribution in [2.24, 2.45) is 0 Å². The number of unbranched alkanes of at least 4 members (excludes halogenated alkanes) is 2. The largest absolute Gasteiger partial charge is 0.481 e. The number of carboxylic acids is 1. The lowest BCUT2D eigenvalue weighted by atomic mass is 10.2. The molecule has 0 amide bonds. The van der Waals surface area contributed by atoms with Crippen LogP contribution in [0.2, 0.25) is 0 Å². The van der Waals surface area contributed by atoms with Gasteiger partial charge in [-0.3, -0.25) is 9.59 Å². The van der Waals surface area contributed by atoms with E-state index in [-0.39, 0.29) is 12.8 Å². The molecule has 0 aromatic heterocycles. The summed E-state index contributed by atoms with van der Waals surface area (Å²) in [5.74, 6) is -1.37. The zero-order valence-corrected chi connectivity index (χ0v) is 10.6. The lowest BCUT2D eigenvalue weighted by Crippen LogP contribution is -2.23. The normalized spacial score (nSPS) is 12.1. The molecule has 0 bridgehead atoms. The fraction of sp³-hybridized carbons (Fsp3) is 0.833. The zero-order chi connectivity index (χ0) is 13.1. The average molecular weight is 246 g/mol. The van der Waals surface area contributed by atoms with Crippen LogP contribution in [0, 0.1) is 0 Å². The second kappa shape index (κ2) is 10.1. The van der Waals surface area contributed by atoms with Crippen LogP contribution in [0.1, 0.15) is 46.0 Å². The van der Waals surface area contributed by atoms with E-state index in [1.54, 1.807) is 6.92 Å². The molecule has 0 aliphatic carbocycles. The topological polar surface area (TPSA) is 72.8 Å². The monoisotopic (exact) mass is 246 g/mol. The summed E-state index contributed by atoms with van der Waals surface area (Å²) in [7, 11) is 0. The Kier molecular flexibility index (Phi) is 9.43. The number of aliphatic carboxylic acids is 1. The highest BCUT2D eigenvalue weighted by atomic mass is 16.5. The molecule has 0 aliphatic heterocycles. The van der Waals surface area contributed by atoms with Crippen molar-refractivity contribution in [3.63, 3.8) is 0 Å². The van der Waals surface area contributed by atoms with E-state index in [0.29, 0.717) is 13.2 Å². The molecule has 5 heteroatoms. The maximum Gasteiger partial charge on any atom is 0.308 e. The van der Waals surface area contributed by atoms with Gasteiger partial charge in [0, 0.05) is 6.61 Å². The first-order valence-corrected chi connectivity index (χ1v) is 6.09. The molecule has 1 unspecified atom stereocenters. The lowest BCUT2D eigenvalue weighted by molar-refractivity contribution is -0.148. The Morgan fingerprint density at radius 1 is 1.18 bits per heavy atom. The Balaban J connectivity index is 3.95. The van der Waals surface area contributed by atoms with E-state index in [2.05, 4.69) is 6.92 Å². The van der Waals surface area contributed by atoms with Crippen molar-refractivity contribution in [2.45, 2.75) is 52.1 Å². The van der Waals surface area contributed by atoms with Gasteiger partial charge in [0.2, 0.25) is 0 Å². The number of hydrogen-bond acceptors (Lipinski definition) is 4. The van der Waals surface area contributed by atoms with Gasteiger partial charge in [-0.25, -0.2) is 0 Å². The molecule has 0 saturated carbocycles. The number of carboxylic acid groups (broad SMARTS) is 1. The number of rotatable bonds is 10. The van der Waals surface area contributed by atoms with Crippen LogP contribution in [0.5, 0.6) is 0 Å². The number of esters is 1. The molecule has 1 atom stereocenters. The van der Waals surface area contributed by atoms with Crippen LogP contribution in [-0.2, 0) is 19.1 Å². The number of carbonyl (C=O) groups is 2. The van der Waals surface area contributed by atoms with Gasteiger partial charge in [0.1, 0.15) is 0 Å². The third kappa shape index (κ3) is 9.81.